The van der Waals surface area contributed by atoms with Crippen LogP contribution in [0.15, 0.2) is 58.1 Å². The summed E-state index contributed by atoms with van der Waals surface area (Å²) in [4.78, 5) is 16.1. The van der Waals surface area contributed by atoms with Crippen LogP contribution in [0.2, 0.25) is 0 Å². The van der Waals surface area contributed by atoms with Crippen molar-refractivity contribution >= 4 is 35.8 Å². The Labute approximate surface area is 170 Å². The molecule has 1 heterocycles. The zero-order chi connectivity index (χ0) is 17.7. The van der Waals surface area contributed by atoms with E-state index in [1.165, 1.54) is 0 Å². The van der Waals surface area contributed by atoms with Crippen LogP contribution >= 0.6 is 24.0 Å². The van der Waals surface area contributed by atoms with Crippen LogP contribution in [0.1, 0.15) is 12.7 Å². The number of nitrogens with zero attached hydrogens (tertiary/aromatic N) is 1. The van der Waals surface area contributed by atoms with Crippen molar-refractivity contribution in [2.24, 2.45) is 4.99 Å². The van der Waals surface area contributed by atoms with Gasteiger partial charge in [-0.3, -0.25) is 4.79 Å². The van der Waals surface area contributed by atoms with Crippen molar-refractivity contribution < 1.29 is 13.9 Å². The maximum atomic E-state index is 11.8. The number of rotatable bonds is 9. The zero-order valence-electron chi connectivity index (χ0n) is 14.7. The van der Waals surface area contributed by atoms with Crippen molar-refractivity contribution in [2.45, 2.75) is 13.5 Å². The second-order valence-corrected chi connectivity index (χ2v) is 5.14. The van der Waals surface area contributed by atoms with Crippen LogP contribution in [-0.4, -0.2) is 38.1 Å². The molecule has 3 N–H and O–H groups in total. The van der Waals surface area contributed by atoms with Gasteiger partial charge in [0.2, 0.25) is 5.91 Å². The Morgan fingerprint density at radius 2 is 1.92 bits per heavy atom. The first-order valence-electron chi connectivity index (χ1n) is 8.27. The number of hydrogen-bond donors (Lipinski definition) is 3. The minimum atomic E-state index is -0.172. The van der Waals surface area contributed by atoms with Crippen LogP contribution in [0.4, 0.5) is 0 Å². The first kappa shape index (κ1) is 21.8. The summed E-state index contributed by atoms with van der Waals surface area (Å²) < 4.78 is 10.8. The standard InChI is InChI=1S/C18H24N4O3.HI/c1-2-19-18(20-10-12-25-15-7-4-3-5-8-15)22-14-17(23)21-13-16-9-6-11-24-16;/h3-9,11H,2,10,12-14H2,1H3,(H,21,23)(H2,19,20,22);1H. The van der Waals surface area contributed by atoms with Gasteiger partial charge >= 0.3 is 0 Å². The topological polar surface area (TPSA) is 87.9 Å². The maximum Gasteiger partial charge on any atom is 0.242 e. The smallest absolute Gasteiger partial charge is 0.242 e. The van der Waals surface area contributed by atoms with Crippen LogP contribution in [0, 0.1) is 0 Å². The van der Waals surface area contributed by atoms with Crippen molar-refractivity contribution in [3.63, 3.8) is 0 Å². The van der Waals surface area contributed by atoms with Crippen molar-refractivity contribution in [1.82, 2.24) is 16.0 Å². The third-order valence-electron chi connectivity index (χ3n) is 3.17. The van der Waals surface area contributed by atoms with Gasteiger partial charge in [-0.05, 0) is 31.2 Å². The van der Waals surface area contributed by atoms with Gasteiger partial charge in [-0.25, -0.2) is 4.99 Å². The molecule has 142 valence electrons. The molecule has 1 aromatic carbocycles. The lowest BCUT2D eigenvalue weighted by Gasteiger charge is -2.12. The number of benzene rings is 1. The SMILES string of the molecule is CCNC(=NCC(=O)NCc1ccco1)NCCOc1ccccc1.I. The van der Waals surface area contributed by atoms with Crippen molar-refractivity contribution in [1.29, 1.82) is 0 Å². The highest BCUT2D eigenvalue weighted by Crippen LogP contribution is 2.07. The van der Waals surface area contributed by atoms with E-state index in [-0.39, 0.29) is 36.4 Å². The first-order chi connectivity index (χ1) is 12.3. The number of amides is 1. The summed E-state index contributed by atoms with van der Waals surface area (Å²) in [5.74, 6) is 1.94. The predicted octanol–water partition coefficient (Wildman–Crippen LogP) is 2.15. The average Bonchev–Trinajstić information content (AvgIpc) is 3.16. The van der Waals surface area contributed by atoms with E-state index in [0.29, 0.717) is 38.0 Å². The Bertz CT molecular complexity index is 648. The molecule has 0 saturated heterocycles. The van der Waals surface area contributed by atoms with E-state index in [0.717, 1.165) is 5.75 Å². The van der Waals surface area contributed by atoms with E-state index in [1.54, 1.807) is 12.3 Å². The van der Waals surface area contributed by atoms with Gasteiger partial charge in [0.15, 0.2) is 5.96 Å². The van der Waals surface area contributed by atoms with Gasteiger partial charge in [0.05, 0.1) is 19.4 Å². The van der Waals surface area contributed by atoms with Crippen molar-refractivity contribution in [3.8, 4) is 5.75 Å². The summed E-state index contributed by atoms with van der Waals surface area (Å²) in [5.41, 5.74) is 0. The van der Waals surface area contributed by atoms with E-state index in [4.69, 9.17) is 9.15 Å². The number of guanidine groups is 1. The molecule has 26 heavy (non-hydrogen) atoms. The van der Waals surface area contributed by atoms with E-state index < -0.39 is 0 Å². The maximum absolute atomic E-state index is 11.8. The Morgan fingerprint density at radius 3 is 2.62 bits per heavy atom. The van der Waals surface area contributed by atoms with Gasteiger partial charge in [0.25, 0.3) is 0 Å². The quantitative estimate of drug-likeness (QED) is 0.225. The van der Waals surface area contributed by atoms with Gasteiger partial charge in [-0.15, -0.1) is 24.0 Å². The highest BCUT2D eigenvalue weighted by molar-refractivity contribution is 14.0. The molecule has 2 rings (SSSR count). The summed E-state index contributed by atoms with van der Waals surface area (Å²) in [6, 6.07) is 13.2. The predicted molar refractivity (Wildman–Crippen MR) is 112 cm³/mol. The molecule has 0 aliphatic heterocycles. The second kappa shape index (κ2) is 13.0. The molecule has 0 bridgehead atoms. The molecule has 0 spiro atoms. The fourth-order valence-corrected chi connectivity index (χ4v) is 2.00. The monoisotopic (exact) mass is 472 g/mol. The molecule has 0 saturated carbocycles. The number of carbonyl (C=O) groups is 1. The first-order valence-corrected chi connectivity index (χ1v) is 8.27. The van der Waals surface area contributed by atoms with E-state index in [2.05, 4.69) is 20.9 Å². The van der Waals surface area contributed by atoms with Crippen LogP contribution < -0.4 is 20.7 Å². The molecule has 1 amide bonds. The molecular weight excluding hydrogens is 447 g/mol. The lowest BCUT2D eigenvalue weighted by molar-refractivity contribution is -0.119. The fraction of sp³-hybridized carbons (Fsp3) is 0.333. The minimum absolute atomic E-state index is 0. The van der Waals surface area contributed by atoms with Gasteiger partial charge in [-0.2, -0.15) is 0 Å². The van der Waals surface area contributed by atoms with E-state index in [9.17, 15) is 4.79 Å². The van der Waals surface area contributed by atoms with Gasteiger partial charge in [-0.1, -0.05) is 18.2 Å². The minimum Gasteiger partial charge on any atom is -0.492 e. The highest BCUT2D eigenvalue weighted by atomic mass is 127. The highest BCUT2D eigenvalue weighted by Gasteiger charge is 2.03. The number of halogens is 1. The van der Waals surface area contributed by atoms with E-state index >= 15 is 0 Å². The lowest BCUT2D eigenvalue weighted by atomic mass is 10.3. The van der Waals surface area contributed by atoms with Crippen LogP contribution in [0.5, 0.6) is 5.75 Å². The van der Waals surface area contributed by atoms with Crippen molar-refractivity contribution in [2.75, 3.05) is 26.2 Å². The molecule has 1 aromatic heterocycles. The fourth-order valence-electron chi connectivity index (χ4n) is 2.00. The zero-order valence-corrected chi connectivity index (χ0v) is 17.1. The van der Waals surface area contributed by atoms with Gasteiger partial charge < -0.3 is 25.1 Å². The molecule has 0 aliphatic carbocycles. The van der Waals surface area contributed by atoms with Crippen LogP contribution in [0.3, 0.4) is 0 Å². The summed E-state index contributed by atoms with van der Waals surface area (Å²) in [7, 11) is 0. The summed E-state index contributed by atoms with van der Waals surface area (Å²) in [5, 5.41) is 8.97. The number of carbonyl (C=O) groups excluding carboxylic acids is 1. The molecule has 8 heteroatoms. The Morgan fingerprint density at radius 1 is 1.12 bits per heavy atom. The molecule has 2 aromatic rings. The summed E-state index contributed by atoms with van der Waals surface area (Å²) >= 11 is 0. The molecular formula is C18H25IN4O3. The third kappa shape index (κ3) is 8.75. The number of para-hydroxylation sites is 1. The molecule has 0 radical (unpaired) electrons. The number of hydrogen-bond acceptors (Lipinski definition) is 4. The normalized spacial score (nSPS) is 10.6. The van der Waals surface area contributed by atoms with Crippen molar-refractivity contribution in [3.05, 3.63) is 54.5 Å². The van der Waals surface area contributed by atoms with Gasteiger partial charge in [0, 0.05) is 6.54 Å². The molecule has 0 atom stereocenters. The number of furan rings is 1. The average molecular weight is 472 g/mol. The van der Waals surface area contributed by atoms with Gasteiger partial charge in [0.1, 0.15) is 24.7 Å². The molecule has 0 aliphatic rings. The number of aliphatic imine (C=N–C) groups is 1. The third-order valence-corrected chi connectivity index (χ3v) is 3.17. The Balaban J connectivity index is 0.00000338. The number of ether oxygens (including phenoxy) is 1. The summed E-state index contributed by atoms with van der Waals surface area (Å²) in [6.45, 7) is 4.15. The lowest BCUT2D eigenvalue weighted by Crippen LogP contribution is -2.40. The summed E-state index contributed by atoms with van der Waals surface area (Å²) in [6.07, 6.45) is 1.57. The second-order valence-electron chi connectivity index (χ2n) is 5.14. The molecule has 7 nitrogen and oxygen atoms in total. The Hall–Kier alpha value is -2.23. The van der Waals surface area contributed by atoms with Crippen LogP contribution in [0.25, 0.3) is 0 Å². The Kier molecular flexibility index (Phi) is 10.9. The molecule has 0 fully saturated rings. The number of nitrogens with one attached hydrogen (secondary N) is 3. The van der Waals surface area contributed by atoms with E-state index in [1.807, 2.05) is 43.3 Å². The largest absolute Gasteiger partial charge is 0.492 e. The molecule has 0 unspecified atom stereocenters. The van der Waals surface area contributed by atoms with Crippen LogP contribution in [-0.2, 0) is 11.3 Å².